The van der Waals surface area contributed by atoms with Crippen LogP contribution in [0.15, 0.2) is 61.2 Å². The maximum Gasteiger partial charge on any atom is 0.229 e. The van der Waals surface area contributed by atoms with Crippen LogP contribution < -0.4 is 0 Å². The molecule has 1 amide bonds. The van der Waals surface area contributed by atoms with Crippen molar-refractivity contribution in [2.45, 2.75) is 70.6 Å². The highest BCUT2D eigenvalue weighted by atomic mass is 35.5. The van der Waals surface area contributed by atoms with E-state index in [1.807, 2.05) is 74.2 Å². The molecule has 5 atom stereocenters. The summed E-state index contributed by atoms with van der Waals surface area (Å²) in [5.74, 6) is 0.0746. The summed E-state index contributed by atoms with van der Waals surface area (Å²) >= 11 is 12.6. The Morgan fingerprint density at radius 2 is 1.81 bits per heavy atom. The van der Waals surface area contributed by atoms with Gasteiger partial charge in [-0.05, 0) is 61.1 Å². The maximum absolute atomic E-state index is 14.1. The number of carbonyl (C=O) groups excluding carboxylic acids is 1. The smallest absolute Gasteiger partial charge is 0.229 e. The summed E-state index contributed by atoms with van der Waals surface area (Å²) in [5.41, 5.74) is 1.49. The lowest BCUT2D eigenvalue weighted by atomic mass is 9.67. The van der Waals surface area contributed by atoms with Gasteiger partial charge in [0.05, 0.1) is 23.6 Å². The van der Waals surface area contributed by atoms with Gasteiger partial charge in [-0.15, -0.1) is 6.58 Å². The zero-order valence-electron chi connectivity index (χ0n) is 19.1. The van der Waals surface area contributed by atoms with E-state index in [1.165, 1.54) is 0 Å². The van der Waals surface area contributed by atoms with Crippen LogP contribution in [-0.4, -0.2) is 28.1 Å². The Morgan fingerprint density at radius 3 is 2.38 bits per heavy atom. The third-order valence-electron chi connectivity index (χ3n) is 6.82. The molecule has 3 unspecified atom stereocenters. The van der Waals surface area contributed by atoms with E-state index in [2.05, 4.69) is 12.6 Å². The molecule has 172 valence electrons. The molecule has 0 saturated carbocycles. The summed E-state index contributed by atoms with van der Waals surface area (Å²) in [6.45, 7) is 9.92. The molecule has 0 aliphatic carbocycles. The van der Waals surface area contributed by atoms with Gasteiger partial charge in [0.25, 0.3) is 0 Å². The summed E-state index contributed by atoms with van der Waals surface area (Å²) < 4.78 is 0. The van der Waals surface area contributed by atoms with E-state index in [0.717, 1.165) is 11.1 Å². The van der Waals surface area contributed by atoms with Crippen molar-refractivity contribution in [1.82, 2.24) is 4.90 Å². The fourth-order valence-electron chi connectivity index (χ4n) is 5.18. The maximum atomic E-state index is 14.1. The molecule has 1 aliphatic heterocycles. The van der Waals surface area contributed by atoms with E-state index in [4.69, 9.17) is 23.2 Å². The number of likely N-dealkylation sites (tertiary alicyclic amines) is 1. The van der Waals surface area contributed by atoms with Gasteiger partial charge < -0.3 is 10.0 Å². The average molecular weight is 474 g/mol. The Labute approximate surface area is 202 Å². The molecule has 2 aromatic carbocycles. The highest BCUT2D eigenvalue weighted by Gasteiger charge is 2.51. The average Bonchev–Trinajstić information content (AvgIpc) is 2.77. The lowest BCUT2D eigenvalue weighted by molar-refractivity contribution is -0.158. The van der Waals surface area contributed by atoms with E-state index in [9.17, 15) is 9.90 Å². The summed E-state index contributed by atoms with van der Waals surface area (Å²) in [4.78, 5) is 16.0. The topological polar surface area (TPSA) is 40.5 Å². The molecule has 1 saturated heterocycles. The highest BCUT2D eigenvalue weighted by Crippen LogP contribution is 2.52. The summed E-state index contributed by atoms with van der Waals surface area (Å²) in [5, 5.41) is 12.3. The van der Waals surface area contributed by atoms with Gasteiger partial charge in [0.15, 0.2) is 0 Å². The first kappa shape index (κ1) is 24.8. The fourth-order valence-corrected chi connectivity index (χ4v) is 5.50. The van der Waals surface area contributed by atoms with Gasteiger partial charge in [-0.3, -0.25) is 4.79 Å². The van der Waals surface area contributed by atoms with Crippen LogP contribution in [0.4, 0.5) is 0 Å². The fraction of sp³-hybridized carbons (Fsp3) is 0.444. The Balaban J connectivity index is 2.25. The summed E-state index contributed by atoms with van der Waals surface area (Å²) in [7, 11) is 0. The number of benzene rings is 2. The van der Waals surface area contributed by atoms with Gasteiger partial charge in [0.2, 0.25) is 5.91 Å². The molecule has 1 fully saturated rings. The van der Waals surface area contributed by atoms with Gasteiger partial charge in [-0.25, -0.2) is 0 Å². The largest absolute Gasteiger partial charge is 0.391 e. The third-order valence-corrected chi connectivity index (χ3v) is 7.31. The van der Waals surface area contributed by atoms with Gasteiger partial charge in [0.1, 0.15) is 0 Å². The van der Waals surface area contributed by atoms with Crippen molar-refractivity contribution in [2.75, 3.05) is 0 Å². The quantitative estimate of drug-likeness (QED) is 0.412. The van der Waals surface area contributed by atoms with Crippen LogP contribution in [0.5, 0.6) is 0 Å². The minimum absolute atomic E-state index is 0.00984. The second-order valence-corrected chi connectivity index (χ2v) is 9.95. The zero-order valence-corrected chi connectivity index (χ0v) is 20.6. The lowest BCUT2D eigenvalue weighted by Crippen LogP contribution is -2.58. The van der Waals surface area contributed by atoms with Crippen LogP contribution in [0.25, 0.3) is 0 Å². The second-order valence-electron chi connectivity index (χ2n) is 9.08. The van der Waals surface area contributed by atoms with Crippen LogP contribution >= 0.6 is 23.2 Å². The van der Waals surface area contributed by atoms with Crippen molar-refractivity contribution in [3.05, 3.63) is 82.4 Å². The number of allylic oxidation sites excluding steroid dienone is 1. The number of hydrogen-bond acceptors (Lipinski definition) is 2. The third kappa shape index (κ3) is 4.90. The Kier molecular flexibility index (Phi) is 8.08. The molecule has 1 aliphatic rings. The molecule has 0 aromatic heterocycles. The molecule has 3 nitrogen and oxygen atoms in total. The van der Waals surface area contributed by atoms with Crippen LogP contribution in [0.1, 0.15) is 69.5 Å². The SMILES string of the molecule is C=CC[C@@]1(C)CC(c2cccc(Cl)c2)[C@@H](c2ccc(Cl)cc2)N(C(CC)C(O)CC)C1=O. The van der Waals surface area contributed by atoms with Crippen molar-refractivity contribution in [1.29, 1.82) is 0 Å². The number of carbonyl (C=O) groups is 1. The minimum atomic E-state index is -0.613. The monoisotopic (exact) mass is 473 g/mol. The van der Waals surface area contributed by atoms with E-state index >= 15 is 0 Å². The Bertz CT molecular complexity index is 945. The lowest BCUT2D eigenvalue weighted by Gasteiger charge is -2.52. The van der Waals surface area contributed by atoms with Crippen LogP contribution in [0.2, 0.25) is 10.0 Å². The van der Waals surface area contributed by atoms with Crippen LogP contribution in [-0.2, 0) is 4.79 Å². The molecule has 2 aromatic rings. The predicted octanol–water partition coefficient (Wildman–Crippen LogP) is 7.18. The minimum Gasteiger partial charge on any atom is -0.391 e. The van der Waals surface area contributed by atoms with E-state index in [1.54, 1.807) is 0 Å². The molecule has 32 heavy (non-hydrogen) atoms. The van der Waals surface area contributed by atoms with Crippen molar-refractivity contribution in [3.8, 4) is 0 Å². The number of hydrogen-bond donors (Lipinski definition) is 1. The normalized spacial score (nSPS) is 25.4. The molecule has 3 rings (SSSR count). The van der Waals surface area contributed by atoms with Gasteiger partial charge in [0, 0.05) is 16.0 Å². The van der Waals surface area contributed by atoms with Gasteiger partial charge in [-0.2, -0.15) is 0 Å². The van der Waals surface area contributed by atoms with Crippen molar-refractivity contribution in [2.24, 2.45) is 5.41 Å². The molecular weight excluding hydrogens is 441 g/mol. The zero-order chi connectivity index (χ0) is 23.5. The molecule has 5 heteroatoms. The van der Waals surface area contributed by atoms with Crippen LogP contribution in [0.3, 0.4) is 0 Å². The molecule has 0 bridgehead atoms. The van der Waals surface area contributed by atoms with Gasteiger partial charge in [-0.1, -0.05) is 74.3 Å². The van der Waals surface area contributed by atoms with Gasteiger partial charge >= 0.3 is 0 Å². The number of nitrogens with zero attached hydrogens (tertiary/aromatic N) is 1. The molecule has 1 N–H and O–H groups in total. The first-order valence-electron chi connectivity index (χ1n) is 11.4. The van der Waals surface area contributed by atoms with Crippen molar-refractivity contribution in [3.63, 3.8) is 0 Å². The number of aliphatic hydroxyl groups excluding tert-OH is 1. The standard InChI is InChI=1S/C27H33Cl2NO2/c1-5-15-27(4)17-22(19-9-8-10-21(29)16-19)25(18-11-13-20(28)14-12-18)30(26(27)32)23(6-2)24(31)7-3/h5,8-14,16,22-25,31H,1,6-7,15,17H2,2-4H3/t22?,23?,24?,25-,27+/m1/s1. The first-order chi connectivity index (χ1) is 15.3. The Morgan fingerprint density at radius 1 is 1.12 bits per heavy atom. The number of amides is 1. The first-order valence-corrected chi connectivity index (χ1v) is 12.1. The van der Waals surface area contributed by atoms with E-state index in [0.29, 0.717) is 35.7 Å². The molecule has 0 spiro atoms. The predicted molar refractivity (Wildman–Crippen MR) is 133 cm³/mol. The highest BCUT2D eigenvalue weighted by molar-refractivity contribution is 6.30. The van der Waals surface area contributed by atoms with E-state index in [-0.39, 0.29) is 23.9 Å². The molecular formula is C27H33Cl2NO2. The van der Waals surface area contributed by atoms with Crippen molar-refractivity contribution < 1.29 is 9.90 Å². The molecule has 0 radical (unpaired) electrons. The molecule has 1 heterocycles. The Hall–Kier alpha value is -1.81. The number of piperidine rings is 1. The van der Waals surface area contributed by atoms with Crippen LogP contribution in [0, 0.1) is 5.41 Å². The summed E-state index contributed by atoms with van der Waals surface area (Å²) in [6.07, 6.45) is 3.70. The number of halogens is 2. The number of aliphatic hydroxyl groups is 1. The summed E-state index contributed by atoms with van der Waals surface area (Å²) in [6, 6.07) is 15.1. The van der Waals surface area contributed by atoms with E-state index < -0.39 is 11.5 Å². The number of rotatable bonds is 8. The van der Waals surface area contributed by atoms with Crippen molar-refractivity contribution >= 4 is 29.1 Å². The second kappa shape index (κ2) is 10.4.